The topological polar surface area (TPSA) is 103 Å². The Morgan fingerprint density at radius 2 is 1.86 bits per heavy atom. The number of imidazole rings is 1. The molecule has 8 nitrogen and oxygen atoms in total. The van der Waals surface area contributed by atoms with Crippen LogP contribution in [0.1, 0.15) is 56.3 Å². The van der Waals surface area contributed by atoms with Crippen LogP contribution in [0.4, 0.5) is 0 Å². The first-order valence-electron chi connectivity index (χ1n) is 11.7. The number of hydrogen-bond acceptors (Lipinski definition) is 5. The fourth-order valence-electron chi connectivity index (χ4n) is 4.48. The fraction of sp³-hybridized carbons (Fsp3) is 0.222. The van der Waals surface area contributed by atoms with Crippen LogP contribution in [0.2, 0.25) is 5.02 Å². The Labute approximate surface area is 213 Å². The zero-order chi connectivity index (χ0) is 25.1. The molecular weight excluding hydrogens is 476 g/mol. The first-order valence-corrected chi connectivity index (χ1v) is 12.0. The second kappa shape index (κ2) is 10.2. The monoisotopic (exact) mass is 498 g/mol. The summed E-state index contributed by atoms with van der Waals surface area (Å²) in [6.07, 6.45) is 8.52. The molecule has 1 N–H and O–H groups in total. The van der Waals surface area contributed by atoms with Gasteiger partial charge in [0.1, 0.15) is 17.4 Å². The molecule has 0 bridgehead atoms. The van der Waals surface area contributed by atoms with E-state index in [1.54, 1.807) is 11.1 Å². The van der Waals surface area contributed by atoms with Gasteiger partial charge in [0.2, 0.25) is 0 Å². The lowest BCUT2D eigenvalue weighted by atomic mass is 9.89. The number of nitrogens with one attached hydrogen (secondary N) is 1. The van der Waals surface area contributed by atoms with Gasteiger partial charge in [0.05, 0.1) is 10.6 Å². The van der Waals surface area contributed by atoms with Gasteiger partial charge in [-0.25, -0.2) is 9.97 Å². The number of nitrogens with zero attached hydrogens (tertiary/aromatic N) is 5. The average Bonchev–Trinajstić information content (AvgIpc) is 3.39. The van der Waals surface area contributed by atoms with Crippen LogP contribution in [0.25, 0.3) is 5.65 Å². The van der Waals surface area contributed by atoms with Gasteiger partial charge in [-0.1, -0.05) is 23.7 Å². The van der Waals surface area contributed by atoms with E-state index in [-0.39, 0.29) is 22.5 Å². The van der Waals surface area contributed by atoms with E-state index in [4.69, 9.17) is 16.9 Å². The summed E-state index contributed by atoms with van der Waals surface area (Å²) in [7, 11) is 0. The minimum absolute atomic E-state index is 0.128. The van der Waals surface area contributed by atoms with Crippen molar-refractivity contribution in [2.75, 3.05) is 13.1 Å². The zero-order valence-corrected chi connectivity index (χ0v) is 20.2. The molecule has 4 aromatic rings. The van der Waals surface area contributed by atoms with Gasteiger partial charge in [-0.2, -0.15) is 5.26 Å². The third-order valence-corrected chi connectivity index (χ3v) is 6.80. The van der Waals surface area contributed by atoms with Crippen molar-refractivity contribution >= 4 is 29.1 Å². The summed E-state index contributed by atoms with van der Waals surface area (Å²) in [6, 6.07) is 15.0. The Morgan fingerprint density at radius 1 is 1.08 bits per heavy atom. The molecular formula is C27H23ClN6O2. The van der Waals surface area contributed by atoms with E-state index in [1.807, 2.05) is 59.3 Å². The normalized spacial score (nSPS) is 13.9. The molecule has 1 aliphatic heterocycles. The summed E-state index contributed by atoms with van der Waals surface area (Å²) in [6.45, 7) is 1.60. The highest BCUT2D eigenvalue weighted by Gasteiger charge is 2.26. The molecule has 0 unspecified atom stereocenters. The van der Waals surface area contributed by atoms with Crippen molar-refractivity contribution in [2.24, 2.45) is 0 Å². The first-order chi connectivity index (χ1) is 17.5. The Hall–Kier alpha value is -4.22. The third kappa shape index (κ3) is 4.92. The van der Waals surface area contributed by atoms with Gasteiger partial charge in [0, 0.05) is 50.0 Å². The average molecular weight is 499 g/mol. The van der Waals surface area contributed by atoms with Gasteiger partial charge >= 0.3 is 0 Å². The van der Waals surface area contributed by atoms with Crippen LogP contribution in [0.3, 0.4) is 0 Å². The maximum absolute atomic E-state index is 12.8. The van der Waals surface area contributed by atoms with E-state index in [0.29, 0.717) is 36.7 Å². The molecule has 36 heavy (non-hydrogen) atoms. The highest BCUT2D eigenvalue weighted by atomic mass is 35.5. The van der Waals surface area contributed by atoms with Gasteiger partial charge in [-0.05, 0) is 60.2 Å². The van der Waals surface area contributed by atoms with Gasteiger partial charge in [-0.15, -0.1) is 0 Å². The van der Waals surface area contributed by atoms with Gasteiger partial charge in [0.15, 0.2) is 0 Å². The fourth-order valence-corrected chi connectivity index (χ4v) is 4.72. The molecule has 0 saturated carbocycles. The second-order valence-electron chi connectivity index (χ2n) is 8.77. The molecule has 1 aromatic carbocycles. The van der Waals surface area contributed by atoms with Crippen LogP contribution in [-0.4, -0.2) is 44.2 Å². The summed E-state index contributed by atoms with van der Waals surface area (Å²) >= 11 is 6.17. The molecule has 0 aliphatic carbocycles. The Bertz CT molecular complexity index is 1470. The Kier molecular flexibility index (Phi) is 6.65. The van der Waals surface area contributed by atoms with E-state index in [9.17, 15) is 9.59 Å². The molecule has 4 heterocycles. The largest absolute Gasteiger partial charge is 0.348 e. The van der Waals surface area contributed by atoms with Crippen molar-refractivity contribution in [3.8, 4) is 6.07 Å². The molecule has 180 valence electrons. The van der Waals surface area contributed by atoms with Crippen LogP contribution in [-0.2, 0) is 6.54 Å². The van der Waals surface area contributed by atoms with Crippen molar-refractivity contribution in [3.05, 3.63) is 100 Å². The smallest absolute Gasteiger partial charge is 0.273 e. The van der Waals surface area contributed by atoms with Crippen LogP contribution in [0.5, 0.6) is 0 Å². The maximum atomic E-state index is 12.8. The number of pyridine rings is 2. The lowest BCUT2D eigenvalue weighted by molar-refractivity contribution is 0.0707. The molecule has 9 heteroatoms. The molecule has 5 rings (SSSR count). The number of hydrogen-bond donors (Lipinski definition) is 1. The molecule has 3 aromatic heterocycles. The van der Waals surface area contributed by atoms with Crippen molar-refractivity contribution in [1.82, 2.24) is 24.6 Å². The van der Waals surface area contributed by atoms with Crippen LogP contribution >= 0.6 is 11.6 Å². The lowest BCUT2D eigenvalue weighted by Crippen LogP contribution is -2.38. The lowest BCUT2D eigenvalue weighted by Gasteiger charge is -2.32. The summed E-state index contributed by atoms with van der Waals surface area (Å²) in [5, 5.41) is 12.1. The number of nitriles is 1. The number of carbonyl (C=O) groups excluding carboxylic acids is 2. The quantitative estimate of drug-likeness (QED) is 0.444. The number of halogens is 1. The van der Waals surface area contributed by atoms with E-state index in [2.05, 4.69) is 15.3 Å². The van der Waals surface area contributed by atoms with E-state index >= 15 is 0 Å². The summed E-state index contributed by atoms with van der Waals surface area (Å²) < 4.78 is 1.92. The molecule has 1 fully saturated rings. The minimum Gasteiger partial charge on any atom is -0.348 e. The second-order valence-corrected chi connectivity index (χ2v) is 9.17. The predicted octanol–water partition coefficient (Wildman–Crippen LogP) is 4.20. The molecule has 0 radical (unpaired) electrons. The van der Waals surface area contributed by atoms with Crippen molar-refractivity contribution in [2.45, 2.75) is 25.3 Å². The molecule has 1 aliphatic rings. The number of fused-ring (bicyclic) bond motifs is 1. The minimum atomic E-state index is -0.221. The number of amides is 2. The van der Waals surface area contributed by atoms with E-state index < -0.39 is 0 Å². The van der Waals surface area contributed by atoms with Gasteiger partial charge in [0.25, 0.3) is 11.8 Å². The van der Waals surface area contributed by atoms with Gasteiger partial charge < -0.3 is 14.6 Å². The van der Waals surface area contributed by atoms with Crippen LogP contribution in [0.15, 0.2) is 67.3 Å². The Balaban J connectivity index is 1.15. The third-order valence-electron chi connectivity index (χ3n) is 6.51. The first kappa shape index (κ1) is 23.5. The highest BCUT2D eigenvalue weighted by Crippen LogP contribution is 2.29. The Morgan fingerprint density at radius 3 is 2.58 bits per heavy atom. The standard InChI is InChI=1S/C27H23ClN6O2/c28-23-13-19(15-29)17-31-25(23)27(36)34-10-6-21(7-11-34)20-1-3-22(4-2-20)26(35)32-16-18-5-9-33-12-8-30-24(33)14-18/h1-5,8-9,12-14,17,21H,6-7,10-11,16H2,(H,32,35). The van der Waals surface area contributed by atoms with Crippen molar-refractivity contribution < 1.29 is 9.59 Å². The molecule has 0 spiro atoms. The number of carbonyl (C=O) groups is 2. The number of rotatable bonds is 5. The molecule has 0 atom stereocenters. The van der Waals surface area contributed by atoms with E-state index in [0.717, 1.165) is 29.6 Å². The maximum Gasteiger partial charge on any atom is 0.273 e. The summed E-state index contributed by atoms with van der Waals surface area (Å²) in [5.74, 6) is -0.0457. The van der Waals surface area contributed by atoms with Crippen molar-refractivity contribution in [3.63, 3.8) is 0 Å². The van der Waals surface area contributed by atoms with E-state index in [1.165, 1.54) is 12.3 Å². The number of aromatic nitrogens is 3. The van der Waals surface area contributed by atoms with Crippen LogP contribution < -0.4 is 5.32 Å². The van der Waals surface area contributed by atoms with Crippen molar-refractivity contribution in [1.29, 1.82) is 5.26 Å². The van der Waals surface area contributed by atoms with Gasteiger partial charge in [-0.3, -0.25) is 9.59 Å². The molecule has 2 amide bonds. The van der Waals surface area contributed by atoms with Crippen LogP contribution in [0, 0.1) is 11.3 Å². The summed E-state index contributed by atoms with van der Waals surface area (Å²) in [5.41, 5.74) is 4.08. The number of benzene rings is 1. The SMILES string of the molecule is N#Cc1cnc(C(=O)N2CCC(c3ccc(C(=O)NCc4ccn5ccnc5c4)cc3)CC2)c(Cl)c1. The predicted molar refractivity (Wildman–Crippen MR) is 135 cm³/mol. The number of piperidine rings is 1. The molecule has 1 saturated heterocycles. The summed E-state index contributed by atoms with van der Waals surface area (Å²) in [4.78, 5) is 35.6. The highest BCUT2D eigenvalue weighted by molar-refractivity contribution is 6.33. The number of likely N-dealkylation sites (tertiary alicyclic amines) is 1. The zero-order valence-electron chi connectivity index (χ0n) is 19.4.